The van der Waals surface area contributed by atoms with Crippen LogP contribution in [0.5, 0.6) is 0 Å². The van der Waals surface area contributed by atoms with Crippen LogP contribution in [0, 0.1) is 0 Å². The van der Waals surface area contributed by atoms with Crippen molar-refractivity contribution in [1.29, 1.82) is 0 Å². The Kier molecular flexibility index (Phi) is 14.3. The Labute approximate surface area is 123 Å². The van der Waals surface area contributed by atoms with E-state index in [2.05, 4.69) is 42.5 Å². The Balaban J connectivity index is 0. The summed E-state index contributed by atoms with van der Waals surface area (Å²) in [5.74, 6) is 1.89. The molecule has 0 saturated heterocycles. The van der Waals surface area contributed by atoms with Gasteiger partial charge in [0.2, 0.25) is 0 Å². The Hall–Kier alpha value is -1.58. The van der Waals surface area contributed by atoms with Gasteiger partial charge in [-0.3, -0.25) is 0 Å². The first-order valence-electron chi connectivity index (χ1n) is 7.42. The largest absolute Gasteiger partial charge is 0.365 e. The number of rotatable bonds is 2. The summed E-state index contributed by atoms with van der Waals surface area (Å²) < 4.78 is 9.47. The van der Waals surface area contributed by atoms with E-state index in [9.17, 15) is 0 Å². The van der Waals surface area contributed by atoms with Gasteiger partial charge >= 0.3 is 0 Å². The molecule has 0 N–H and O–H groups in total. The van der Waals surface area contributed by atoms with E-state index in [0.717, 1.165) is 11.5 Å². The predicted molar refractivity (Wildman–Crippen MR) is 83.9 cm³/mol. The van der Waals surface area contributed by atoms with Crippen molar-refractivity contribution in [1.82, 2.24) is 10.3 Å². The summed E-state index contributed by atoms with van der Waals surface area (Å²) in [5, 5.41) is 7.31. The van der Waals surface area contributed by atoms with Crippen LogP contribution in [-0.4, -0.2) is 10.3 Å². The van der Waals surface area contributed by atoms with Crippen LogP contribution >= 0.6 is 0 Å². The van der Waals surface area contributed by atoms with Crippen molar-refractivity contribution in [3.8, 4) is 0 Å². The summed E-state index contributed by atoms with van der Waals surface area (Å²) in [6.07, 6.45) is 3.25. The molecule has 0 bridgehead atoms. The van der Waals surface area contributed by atoms with Crippen molar-refractivity contribution in [2.24, 2.45) is 0 Å². The maximum Gasteiger partial charge on any atom is 0.139 e. The summed E-state index contributed by atoms with van der Waals surface area (Å²) in [5.41, 5.74) is 1.02. The average molecular weight is 282 g/mol. The number of hydrogen-bond acceptors (Lipinski definition) is 4. The van der Waals surface area contributed by atoms with Crippen LogP contribution in [0.3, 0.4) is 0 Å². The van der Waals surface area contributed by atoms with Crippen molar-refractivity contribution >= 4 is 0 Å². The molecule has 0 spiro atoms. The fourth-order valence-corrected chi connectivity index (χ4v) is 1.04. The van der Waals surface area contributed by atoms with Gasteiger partial charge in [0, 0.05) is 18.1 Å². The van der Waals surface area contributed by atoms with E-state index in [4.69, 9.17) is 4.52 Å². The minimum Gasteiger partial charge on any atom is -0.365 e. The molecule has 0 aliphatic heterocycles. The SMILES string of the molecule is CC.CC.CC(C)c1ccno1.CC(C)c1ccon1. The molecule has 0 radical (unpaired) electrons. The summed E-state index contributed by atoms with van der Waals surface area (Å²) in [7, 11) is 0. The van der Waals surface area contributed by atoms with Gasteiger partial charge in [-0.05, 0) is 5.92 Å². The summed E-state index contributed by atoms with van der Waals surface area (Å²) in [6.45, 7) is 16.3. The van der Waals surface area contributed by atoms with Crippen LogP contribution < -0.4 is 0 Å². The fraction of sp³-hybridized carbons (Fsp3) is 0.625. The molecule has 116 valence electrons. The van der Waals surface area contributed by atoms with Gasteiger partial charge in [0.1, 0.15) is 12.0 Å². The molecule has 0 amide bonds. The summed E-state index contributed by atoms with van der Waals surface area (Å²) in [4.78, 5) is 0. The maximum atomic E-state index is 4.84. The lowest BCUT2D eigenvalue weighted by atomic mass is 10.1. The molecule has 0 fully saturated rings. The molecule has 2 heterocycles. The monoisotopic (exact) mass is 282 g/mol. The van der Waals surface area contributed by atoms with Crippen LogP contribution in [-0.2, 0) is 0 Å². The van der Waals surface area contributed by atoms with E-state index in [1.54, 1.807) is 12.5 Å². The fourth-order valence-electron chi connectivity index (χ4n) is 1.04. The molecule has 0 aliphatic rings. The number of nitrogens with zero attached hydrogens (tertiary/aromatic N) is 2. The van der Waals surface area contributed by atoms with Crippen LogP contribution in [0.1, 0.15) is 78.7 Å². The highest BCUT2D eigenvalue weighted by atomic mass is 16.5. The lowest BCUT2D eigenvalue weighted by molar-refractivity contribution is 0.371. The first-order chi connectivity index (χ1) is 9.61. The van der Waals surface area contributed by atoms with Gasteiger partial charge < -0.3 is 9.05 Å². The van der Waals surface area contributed by atoms with Gasteiger partial charge in [-0.1, -0.05) is 65.7 Å². The van der Waals surface area contributed by atoms with Crippen molar-refractivity contribution in [2.75, 3.05) is 0 Å². The van der Waals surface area contributed by atoms with Crippen molar-refractivity contribution in [3.63, 3.8) is 0 Å². The molecule has 20 heavy (non-hydrogen) atoms. The molecule has 0 aromatic carbocycles. The van der Waals surface area contributed by atoms with Crippen LogP contribution in [0.25, 0.3) is 0 Å². The zero-order chi connectivity index (χ0) is 16.0. The Morgan fingerprint density at radius 1 is 0.900 bits per heavy atom. The quantitative estimate of drug-likeness (QED) is 0.714. The topological polar surface area (TPSA) is 52.1 Å². The van der Waals surface area contributed by atoms with E-state index >= 15 is 0 Å². The predicted octanol–water partition coefficient (Wildman–Crippen LogP) is 5.65. The van der Waals surface area contributed by atoms with Crippen LogP contribution in [0.4, 0.5) is 0 Å². The molecule has 4 heteroatoms. The van der Waals surface area contributed by atoms with E-state index in [1.807, 2.05) is 39.8 Å². The highest BCUT2D eigenvalue weighted by Crippen LogP contribution is 2.11. The first-order valence-corrected chi connectivity index (χ1v) is 7.42. The van der Waals surface area contributed by atoms with Gasteiger partial charge in [0.25, 0.3) is 0 Å². The lowest BCUT2D eigenvalue weighted by Crippen LogP contribution is -1.83. The smallest absolute Gasteiger partial charge is 0.139 e. The molecule has 2 rings (SSSR count). The van der Waals surface area contributed by atoms with Crippen molar-refractivity contribution < 1.29 is 9.05 Å². The third-order valence-electron chi connectivity index (χ3n) is 2.08. The Morgan fingerprint density at radius 3 is 1.70 bits per heavy atom. The van der Waals surface area contributed by atoms with E-state index in [0.29, 0.717) is 11.8 Å². The third-order valence-corrected chi connectivity index (χ3v) is 2.08. The molecule has 2 aromatic heterocycles. The second-order valence-electron chi connectivity index (χ2n) is 4.15. The summed E-state index contributed by atoms with van der Waals surface area (Å²) in [6, 6.07) is 3.76. The molecule has 0 unspecified atom stereocenters. The van der Waals surface area contributed by atoms with Crippen molar-refractivity contribution in [3.05, 3.63) is 36.0 Å². The molecular weight excluding hydrogens is 252 g/mol. The highest BCUT2D eigenvalue weighted by Gasteiger charge is 2.00. The summed E-state index contributed by atoms with van der Waals surface area (Å²) >= 11 is 0. The molecule has 4 nitrogen and oxygen atoms in total. The molecule has 0 atom stereocenters. The first kappa shape index (κ1) is 20.7. The maximum absolute atomic E-state index is 4.84. The zero-order valence-corrected chi connectivity index (χ0v) is 14.2. The molecule has 0 saturated carbocycles. The minimum atomic E-state index is 0.456. The van der Waals surface area contributed by atoms with Crippen LogP contribution in [0.2, 0.25) is 0 Å². The van der Waals surface area contributed by atoms with Crippen LogP contribution in [0.15, 0.2) is 33.6 Å². The molecule has 2 aromatic rings. The second kappa shape index (κ2) is 13.8. The standard InChI is InChI=1S/2C6H9NO.2C2H6/c1-5(2)6-3-4-8-7-6;1-5(2)6-3-4-7-8-6;2*1-2/h2*3-5H,1-2H3;2*1-2H3. The molecular formula is C16H30N2O2. The second-order valence-corrected chi connectivity index (χ2v) is 4.15. The number of hydrogen-bond donors (Lipinski definition) is 0. The third kappa shape index (κ3) is 9.36. The normalized spacial score (nSPS) is 8.90. The number of aromatic nitrogens is 2. The zero-order valence-electron chi connectivity index (χ0n) is 14.2. The van der Waals surface area contributed by atoms with Gasteiger partial charge in [0.05, 0.1) is 11.9 Å². The van der Waals surface area contributed by atoms with E-state index in [-0.39, 0.29) is 0 Å². The van der Waals surface area contributed by atoms with Crippen molar-refractivity contribution in [2.45, 2.75) is 67.2 Å². The Morgan fingerprint density at radius 2 is 1.50 bits per heavy atom. The van der Waals surface area contributed by atoms with Gasteiger partial charge in [0.15, 0.2) is 0 Å². The van der Waals surface area contributed by atoms with Gasteiger partial charge in [-0.2, -0.15) is 0 Å². The average Bonchev–Trinajstić information content (AvgIpc) is 3.17. The van der Waals surface area contributed by atoms with Gasteiger partial charge in [-0.25, -0.2) is 0 Å². The Bertz CT molecular complexity index is 327. The van der Waals surface area contributed by atoms with E-state index in [1.165, 1.54) is 0 Å². The minimum absolute atomic E-state index is 0.456. The lowest BCUT2D eigenvalue weighted by Gasteiger charge is -1.92. The van der Waals surface area contributed by atoms with E-state index < -0.39 is 0 Å². The highest BCUT2D eigenvalue weighted by molar-refractivity contribution is 5.00. The molecule has 0 aliphatic carbocycles. The van der Waals surface area contributed by atoms with Gasteiger partial charge in [-0.15, -0.1) is 0 Å².